The van der Waals surface area contributed by atoms with Gasteiger partial charge in [0, 0.05) is 0 Å². The molecule has 0 radical (unpaired) electrons. The first kappa shape index (κ1) is 14.3. The zero-order valence-corrected chi connectivity index (χ0v) is 12.4. The van der Waals surface area contributed by atoms with E-state index in [4.69, 9.17) is 0 Å². The van der Waals surface area contributed by atoms with Gasteiger partial charge in [-0.1, -0.05) is 62.7 Å². The maximum Gasteiger partial charge on any atom is 0.336 e. The number of hydrogen-bond donors (Lipinski definition) is 1. The summed E-state index contributed by atoms with van der Waals surface area (Å²) in [4.78, 5) is 11.4. The third-order valence-electron chi connectivity index (χ3n) is 3.47. The van der Waals surface area contributed by atoms with E-state index in [0.717, 1.165) is 16.7 Å². The van der Waals surface area contributed by atoms with Crippen LogP contribution in [0.25, 0.3) is 11.1 Å². The Bertz CT molecular complexity index is 631. The van der Waals surface area contributed by atoms with Gasteiger partial charge in [0.05, 0.1) is 5.56 Å². The fourth-order valence-electron chi connectivity index (χ4n) is 2.24. The van der Waals surface area contributed by atoms with Crippen molar-refractivity contribution in [3.05, 3.63) is 59.2 Å². The van der Waals surface area contributed by atoms with Gasteiger partial charge in [0.1, 0.15) is 0 Å². The van der Waals surface area contributed by atoms with Gasteiger partial charge in [-0.2, -0.15) is 0 Å². The van der Waals surface area contributed by atoms with Crippen molar-refractivity contribution in [2.24, 2.45) is 0 Å². The van der Waals surface area contributed by atoms with Gasteiger partial charge < -0.3 is 5.11 Å². The third kappa shape index (κ3) is 2.90. The van der Waals surface area contributed by atoms with Crippen LogP contribution in [0.4, 0.5) is 0 Å². The molecule has 0 unspecified atom stereocenters. The summed E-state index contributed by atoms with van der Waals surface area (Å²) in [5, 5.41) is 9.34. The standard InChI is InChI=1S/C18H20O2/c1-12-5-10-15(16(11-12)17(19)20)13-6-8-14(9-7-13)18(2,3)4/h5-11H,1-4H3,(H,19,20). The molecular formula is C18H20O2. The fraction of sp³-hybridized carbons (Fsp3) is 0.278. The molecule has 0 spiro atoms. The monoisotopic (exact) mass is 268 g/mol. The molecule has 0 aliphatic rings. The molecule has 2 heteroatoms. The van der Waals surface area contributed by atoms with Gasteiger partial charge in [0.15, 0.2) is 0 Å². The van der Waals surface area contributed by atoms with E-state index in [0.29, 0.717) is 5.56 Å². The molecule has 1 N–H and O–H groups in total. The van der Waals surface area contributed by atoms with E-state index >= 15 is 0 Å². The summed E-state index contributed by atoms with van der Waals surface area (Å²) in [7, 11) is 0. The summed E-state index contributed by atoms with van der Waals surface area (Å²) in [5.74, 6) is -0.886. The summed E-state index contributed by atoms with van der Waals surface area (Å²) in [6.45, 7) is 8.39. The summed E-state index contributed by atoms with van der Waals surface area (Å²) < 4.78 is 0. The minimum Gasteiger partial charge on any atom is -0.478 e. The molecule has 0 atom stereocenters. The first-order chi connectivity index (χ1) is 9.29. The zero-order chi connectivity index (χ0) is 14.9. The van der Waals surface area contributed by atoms with Crippen molar-refractivity contribution in [1.29, 1.82) is 0 Å². The summed E-state index contributed by atoms with van der Waals surface area (Å²) in [6, 6.07) is 13.7. The zero-order valence-electron chi connectivity index (χ0n) is 12.4. The van der Waals surface area contributed by atoms with Crippen LogP contribution in [0.2, 0.25) is 0 Å². The Hall–Kier alpha value is -2.09. The maximum absolute atomic E-state index is 11.4. The Balaban J connectivity index is 2.50. The maximum atomic E-state index is 11.4. The lowest BCUT2D eigenvalue weighted by molar-refractivity contribution is 0.0697. The molecule has 2 nitrogen and oxygen atoms in total. The summed E-state index contributed by atoms with van der Waals surface area (Å²) in [5.41, 5.74) is 4.36. The average Bonchev–Trinajstić information content (AvgIpc) is 2.37. The predicted octanol–water partition coefficient (Wildman–Crippen LogP) is 4.66. The molecule has 0 saturated heterocycles. The van der Waals surface area contributed by atoms with E-state index in [-0.39, 0.29) is 5.41 Å². The molecule has 0 bridgehead atoms. The molecular weight excluding hydrogens is 248 g/mol. The van der Waals surface area contributed by atoms with Gasteiger partial charge in [-0.3, -0.25) is 0 Å². The number of carboxylic acid groups (broad SMARTS) is 1. The van der Waals surface area contributed by atoms with Gasteiger partial charge in [-0.05, 0) is 35.1 Å². The molecule has 0 aliphatic carbocycles. The lowest BCUT2D eigenvalue weighted by Crippen LogP contribution is -2.10. The van der Waals surface area contributed by atoms with Crippen molar-refractivity contribution in [3.8, 4) is 11.1 Å². The van der Waals surface area contributed by atoms with Gasteiger partial charge in [-0.25, -0.2) is 4.79 Å². The van der Waals surface area contributed by atoms with Crippen LogP contribution in [0.15, 0.2) is 42.5 Å². The molecule has 0 fully saturated rings. The van der Waals surface area contributed by atoms with E-state index in [2.05, 4.69) is 32.9 Å². The second kappa shape index (κ2) is 5.12. The van der Waals surface area contributed by atoms with Crippen LogP contribution in [0.5, 0.6) is 0 Å². The number of aryl methyl sites for hydroxylation is 1. The lowest BCUT2D eigenvalue weighted by atomic mass is 9.86. The third-order valence-corrected chi connectivity index (χ3v) is 3.47. The normalized spacial score (nSPS) is 11.4. The molecule has 2 aromatic carbocycles. The van der Waals surface area contributed by atoms with Crippen molar-refractivity contribution < 1.29 is 9.90 Å². The highest BCUT2D eigenvalue weighted by atomic mass is 16.4. The van der Waals surface area contributed by atoms with E-state index in [1.807, 2.05) is 31.2 Å². The Morgan fingerprint density at radius 2 is 1.60 bits per heavy atom. The number of hydrogen-bond acceptors (Lipinski definition) is 1. The van der Waals surface area contributed by atoms with Crippen LogP contribution in [0.1, 0.15) is 42.3 Å². The lowest BCUT2D eigenvalue weighted by Gasteiger charge is -2.19. The Labute approximate surface area is 120 Å². The quantitative estimate of drug-likeness (QED) is 0.860. The second-order valence-corrected chi connectivity index (χ2v) is 6.18. The molecule has 2 rings (SSSR count). The van der Waals surface area contributed by atoms with Crippen molar-refractivity contribution in [2.45, 2.75) is 33.1 Å². The fourth-order valence-corrected chi connectivity index (χ4v) is 2.24. The topological polar surface area (TPSA) is 37.3 Å². The van der Waals surface area contributed by atoms with Crippen LogP contribution in [-0.4, -0.2) is 11.1 Å². The van der Waals surface area contributed by atoms with Gasteiger partial charge in [-0.15, -0.1) is 0 Å². The van der Waals surface area contributed by atoms with Crippen molar-refractivity contribution in [2.75, 3.05) is 0 Å². The first-order valence-corrected chi connectivity index (χ1v) is 6.74. The molecule has 20 heavy (non-hydrogen) atoms. The average molecular weight is 268 g/mol. The predicted molar refractivity (Wildman–Crippen MR) is 82.3 cm³/mol. The molecule has 0 aromatic heterocycles. The van der Waals surface area contributed by atoms with Crippen LogP contribution in [0.3, 0.4) is 0 Å². The van der Waals surface area contributed by atoms with E-state index in [1.54, 1.807) is 6.07 Å². The van der Waals surface area contributed by atoms with Crippen LogP contribution >= 0.6 is 0 Å². The van der Waals surface area contributed by atoms with Gasteiger partial charge in [0.2, 0.25) is 0 Å². The van der Waals surface area contributed by atoms with Crippen molar-refractivity contribution in [1.82, 2.24) is 0 Å². The molecule has 0 heterocycles. The minimum absolute atomic E-state index is 0.0986. The van der Waals surface area contributed by atoms with Crippen LogP contribution < -0.4 is 0 Å². The number of aromatic carboxylic acids is 1. The first-order valence-electron chi connectivity index (χ1n) is 6.74. The highest BCUT2D eigenvalue weighted by Crippen LogP contribution is 2.28. The van der Waals surface area contributed by atoms with Crippen molar-refractivity contribution >= 4 is 5.97 Å². The molecule has 0 amide bonds. The second-order valence-electron chi connectivity index (χ2n) is 6.18. The van der Waals surface area contributed by atoms with E-state index in [1.165, 1.54) is 5.56 Å². The van der Waals surface area contributed by atoms with Gasteiger partial charge >= 0.3 is 5.97 Å². The molecule has 2 aromatic rings. The van der Waals surface area contributed by atoms with Gasteiger partial charge in [0.25, 0.3) is 0 Å². The SMILES string of the molecule is Cc1ccc(-c2ccc(C(C)(C)C)cc2)c(C(=O)O)c1. The van der Waals surface area contributed by atoms with E-state index < -0.39 is 5.97 Å². The smallest absolute Gasteiger partial charge is 0.336 e. The van der Waals surface area contributed by atoms with Crippen molar-refractivity contribution in [3.63, 3.8) is 0 Å². The minimum atomic E-state index is -0.886. The summed E-state index contributed by atoms with van der Waals surface area (Å²) in [6.07, 6.45) is 0. The Morgan fingerprint density at radius 1 is 1.00 bits per heavy atom. The molecule has 0 aliphatic heterocycles. The number of rotatable bonds is 2. The molecule has 0 saturated carbocycles. The Morgan fingerprint density at radius 3 is 2.10 bits per heavy atom. The number of carbonyl (C=O) groups is 1. The largest absolute Gasteiger partial charge is 0.478 e. The van der Waals surface area contributed by atoms with Crippen LogP contribution in [0, 0.1) is 6.92 Å². The number of benzene rings is 2. The van der Waals surface area contributed by atoms with E-state index in [9.17, 15) is 9.90 Å². The Kier molecular flexibility index (Phi) is 3.67. The molecule has 104 valence electrons. The highest BCUT2D eigenvalue weighted by molar-refractivity contribution is 5.96. The number of carboxylic acids is 1. The highest BCUT2D eigenvalue weighted by Gasteiger charge is 2.15. The van der Waals surface area contributed by atoms with Crippen LogP contribution in [-0.2, 0) is 5.41 Å². The summed E-state index contributed by atoms with van der Waals surface area (Å²) >= 11 is 0.